The van der Waals surface area contributed by atoms with E-state index in [1.165, 1.54) is 49.7 Å². The Labute approximate surface area is 150 Å². The summed E-state index contributed by atoms with van der Waals surface area (Å²) in [4.78, 5) is 28.1. The first-order valence-corrected chi connectivity index (χ1v) is 9.36. The molecule has 0 radical (unpaired) electrons. The number of ether oxygens (including phenoxy) is 1. The van der Waals surface area contributed by atoms with Gasteiger partial charge in [0, 0.05) is 17.8 Å². The molecule has 0 bridgehead atoms. The summed E-state index contributed by atoms with van der Waals surface area (Å²) in [6.07, 6.45) is 3.27. The Bertz CT molecular complexity index is 954. The summed E-state index contributed by atoms with van der Waals surface area (Å²) in [6, 6.07) is 8.55. The third-order valence-electron chi connectivity index (χ3n) is 3.76. The molecule has 2 N–H and O–H groups in total. The molecule has 26 heavy (non-hydrogen) atoms. The number of nitrogens with zero attached hydrogens (tertiary/aromatic N) is 1. The summed E-state index contributed by atoms with van der Waals surface area (Å²) in [6.45, 7) is 0. The quantitative estimate of drug-likeness (QED) is 0.781. The lowest BCUT2D eigenvalue weighted by molar-refractivity contribution is 0.0948. The molecule has 0 saturated heterocycles. The highest BCUT2D eigenvalue weighted by Crippen LogP contribution is 2.20. The van der Waals surface area contributed by atoms with Gasteiger partial charge < -0.3 is 10.1 Å². The van der Waals surface area contributed by atoms with Gasteiger partial charge in [-0.1, -0.05) is 6.07 Å². The Morgan fingerprint density at radius 2 is 1.92 bits per heavy atom. The fraction of sp³-hybridized carbons (Fsp3) is 0.235. The summed E-state index contributed by atoms with van der Waals surface area (Å²) >= 11 is 0. The van der Waals surface area contributed by atoms with Crippen molar-refractivity contribution in [2.75, 3.05) is 7.11 Å². The van der Waals surface area contributed by atoms with E-state index in [-0.39, 0.29) is 33.9 Å². The Hall–Kier alpha value is -2.94. The Morgan fingerprint density at radius 1 is 1.15 bits per heavy atom. The van der Waals surface area contributed by atoms with Crippen LogP contribution in [0.3, 0.4) is 0 Å². The molecule has 2 aromatic rings. The lowest BCUT2D eigenvalue weighted by atomic mass is 10.2. The summed E-state index contributed by atoms with van der Waals surface area (Å²) in [5.41, 5.74) is 0.201. The maximum absolute atomic E-state index is 12.5. The average molecular weight is 375 g/mol. The van der Waals surface area contributed by atoms with E-state index in [9.17, 15) is 18.0 Å². The zero-order valence-electron chi connectivity index (χ0n) is 13.9. The van der Waals surface area contributed by atoms with E-state index in [1.807, 2.05) is 4.72 Å². The number of nitrogens with one attached hydrogen (secondary N) is 2. The molecular weight excluding hydrogens is 358 g/mol. The fourth-order valence-electron chi connectivity index (χ4n) is 2.26. The second-order valence-electron chi connectivity index (χ2n) is 5.77. The van der Waals surface area contributed by atoms with Gasteiger partial charge >= 0.3 is 0 Å². The predicted molar refractivity (Wildman–Crippen MR) is 92.4 cm³/mol. The van der Waals surface area contributed by atoms with E-state index in [4.69, 9.17) is 4.74 Å². The maximum Gasteiger partial charge on any atom is 0.270 e. The summed E-state index contributed by atoms with van der Waals surface area (Å²) < 4.78 is 31.9. The van der Waals surface area contributed by atoms with Crippen molar-refractivity contribution < 1.29 is 22.7 Å². The van der Waals surface area contributed by atoms with Crippen LogP contribution < -0.4 is 14.8 Å². The van der Waals surface area contributed by atoms with Gasteiger partial charge in [0.05, 0.1) is 12.0 Å². The molecular formula is C17H17N3O5S. The van der Waals surface area contributed by atoms with E-state index in [0.717, 1.165) is 12.8 Å². The molecule has 3 rings (SSSR count). The molecule has 9 heteroatoms. The van der Waals surface area contributed by atoms with Crippen LogP contribution in [0.2, 0.25) is 0 Å². The Balaban J connectivity index is 1.81. The Kier molecular flexibility index (Phi) is 4.90. The standard InChI is InChI=1S/C17H17N3O5S/c1-25-17-14(6-3-9-18-17)16(22)20-26(23,24)13-5-2-4-11(10-13)15(21)19-12-7-8-12/h2-6,9-10,12H,7-8H2,1H3,(H,19,21)(H,20,22). The largest absolute Gasteiger partial charge is 0.480 e. The van der Waals surface area contributed by atoms with Gasteiger partial charge in [-0.3, -0.25) is 9.59 Å². The van der Waals surface area contributed by atoms with Crippen LogP contribution in [0, 0.1) is 0 Å². The van der Waals surface area contributed by atoms with E-state index in [1.54, 1.807) is 0 Å². The number of hydrogen-bond donors (Lipinski definition) is 2. The van der Waals surface area contributed by atoms with Gasteiger partial charge in [0.15, 0.2) is 0 Å². The van der Waals surface area contributed by atoms with Gasteiger partial charge in [-0.2, -0.15) is 0 Å². The molecule has 1 fully saturated rings. The van der Waals surface area contributed by atoms with Crippen LogP contribution in [-0.2, 0) is 10.0 Å². The van der Waals surface area contributed by atoms with Crippen molar-refractivity contribution in [3.8, 4) is 5.88 Å². The topological polar surface area (TPSA) is 114 Å². The molecule has 1 heterocycles. The van der Waals surface area contributed by atoms with Crippen molar-refractivity contribution in [3.63, 3.8) is 0 Å². The number of sulfonamides is 1. The van der Waals surface area contributed by atoms with Crippen molar-refractivity contribution in [3.05, 3.63) is 53.7 Å². The first-order valence-electron chi connectivity index (χ1n) is 7.88. The van der Waals surface area contributed by atoms with E-state index < -0.39 is 15.9 Å². The molecule has 0 unspecified atom stereocenters. The minimum absolute atomic E-state index is 0.0118. The van der Waals surface area contributed by atoms with Gasteiger partial charge in [-0.05, 0) is 43.2 Å². The SMILES string of the molecule is COc1ncccc1C(=O)NS(=O)(=O)c1cccc(C(=O)NC2CC2)c1. The van der Waals surface area contributed by atoms with Crippen molar-refractivity contribution in [1.82, 2.24) is 15.0 Å². The van der Waals surface area contributed by atoms with E-state index in [0.29, 0.717) is 0 Å². The number of pyridine rings is 1. The molecule has 8 nitrogen and oxygen atoms in total. The lowest BCUT2D eigenvalue weighted by Gasteiger charge is -2.10. The van der Waals surface area contributed by atoms with Gasteiger partial charge in [0.25, 0.3) is 21.8 Å². The smallest absolute Gasteiger partial charge is 0.270 e. The molecule has 2 amide bonds. The molecule has 0 atom stereocenters. The first kappa shape index (κ1) is 17.9. The lowest BCUT2D eigenvalue weighted by Crippen LogP contribution is -2.31. The zero-order valence-corrected chi connectivity index (χ0v) is 14.7. The highest BCUT2D eigenvalue weighted by atomic mass is 32.2. The van der Waals surface area contributed by atoms with Gasteiger partial charge in [-0.15, -0.1) is 0 Å². The number of amides is 2. The van der Waals surface area contributed by atoms with Crippen molar-refractivity contribution >= 4 is 21.8 Å². The number of aromatic nitrogens is 1. The van der Waals surface area contributed by atoms with Crippen LogP contribution in [0.25, 0.3) is 0 Å². The minimum atomic E-state index is -4.16. The zero-order chi connectivity index (χ0) is 18.7. The minimum Gasteiger partial charge on any atom is -0.480 e. The van der Waals surface area contributed by atoms with E-state index >= 15 is 0 Å². The van der Waals surface area contributed by atoms with E-state index in [2.05, 4.69) is 10.3 Å². The monoisotopic (exact) mass is 375 g/mol. The molecule has 1 aliphatic rings. The van der Waals surface area contributed by atoms with Crippen LogP contribution in [0.1, 0.15) is 33.6 Å². The number of methoxy groups -OCH3 is 1. The predicted octanol–water partition coefficient (Wildman–Crippen LogP) is 1.10. The summed E-state index contributed by atoms with van der Waals surface area (Å²) in [5.74, 6) is -1.20. The van der Waals surface area contributed by atoms with Crippen molar-refractivity contribution in [2.24, 2.45) is 0 Å². The second-order valence-corrected chi connectivity index (χ2v) is 7.45. The van der Waals surface area contributed by atoms with Gasteiger partial charge in [0.2, 0.25) is 5.88 Å². The molecule has 136 valence electrons. The summed E-state index contributed by atoms with van der Waals surface area (Å²) in [7, 11) is -2.84. The average Bonchev–Trinajstić information content (AvgIpc) is 3.45. The number of carbonyl (C=O) groups excluding carboxylic acids is 2. The van der Waals surface area contributed by atoms with Gasteiger partial charge in [-0.25, -0.2) is 18.1 Å². The molecule has 0 aliphatic heterocycles. The molecule has 1 aliphatic carbocycles. The highest BCUT2D eigenvalue weighted by Gasteiger charge is 2.25. The molecule has 1 aromatic carbocycles. The first-order chi connectivity index (χ1) is 12.4. The van der Waals surface area contributed by atoms with Crippen LogP contribution in [0.15, 0.2) is 47.5 Å². The third kappa shape index (κ3) is 3.99. The molecule has 1 saturated carbocycles. The van der Waals surface area contributed by atoms with Crippen molar-refractivity contribution in [2.45, 2.75) is 23.8 Å². The number of rotatable bonds is 6. The number of hydrogen-bond acceptors (Lipinski definition) is 6. The number of carbonyl (C=O) groups is 2. The summed E-state index contributed by atoms with van der Waals surface area (Å²) in [5, 5.41) is 2.78. The molecule has 1 aromatic heterocycles. The highest BCUT2D eigenvalue weighted by molar-refractivity contribution is 7.90. The number of benzene rings is 1. The van der Waals surface area contributed by atoms with Crippen molar-refractivity contribution in [1.29, 1.82) is 0 Å². The van der Waals surface area contributed by atoms with Crippen LogP contribution in [-0.4, -0.2) is 38.4 Å². The van der Waals surface area contributed by atoms with Crippen LogP contribution in [0.5, 0.6) is 5.88 Å². The second kappa shape index (κ2) is 7.12. The normalized spacial score (nSPS) is 13.7. The maximum atomic E-state index is 12.5. The molecule has 0 spiro atoms. The van der Waals surface area contributed by atoms with Gasteiger partial charge in [0.1, 0.15) is 5.56 Å². The Morgan fingerprint density at radius 3 is 2.62 bits per heavy atom. The third-order valence-corrected chi connectivity index (χ3v) is 5.08. The fourth-order valence-corrected chi connectivity index (χ4v) is 3.27. The van der Waals surface area contributed by atoms with Crippen LogP contribution in [0.4, 0.5) is 0 Å². The van der Waals surface area contributed by atoms with Crippen LogP contribution >= 0.6 is 0 Å².